The van der Waals surface area contributed by atoms with E-state index in [1.807, 2.05) is 79.7 Å². The van der Waals surface area contributed by atoms with Crippen LogP contribution in [0.5, 0.6) is 11.5 Å². The predicted molar refractivity (Wildman–Crippen MR) is 109 cm³/mol. The first-order chi connectivity index (χ1) is 12.3. The zero-order valence-corrected chi connectivity index (χ0v) is 18.1. The Hall–Kier alpha value is -2.00. The smallest absolute Gasteiger partial charge is 0.188 e. The number of hydrogen-bond acceptors (Lipinski definition) is 1. The lowest BCUT2D eigenvalue weighted by atomic mass is 9.81. The van der Waals surface area contributed by atoms with Crippen LogP contribution >= 0.6 is 0 Å². The van der Waals surface area contributed by atoms with E-state index >= 15 is 0 Å². The molecule has 0 saturated carbocycles. The highest BCUT2D eigenvalue weighted by molar-refractivity contribution is 5.55. The fourth-order valence-electron chi connectivity index (χ4n) is 3.53. The van der Waals surface area contributed by atoms with Crippen molar-refractivity contribution in [2.75, 3.05) is 7.11 Å². The SMILES string of the molecule is COC(c1cc(C)cc(C(C)(C)C)c1[O])c1cc(C)cc(C(C)(C)C)c1[O]. The highest BCUT2D eigenvalue weighted by atomic mass is 16.5. The van der Waals surface area contributed by atoms with Crippen LogP contribution in [0.4, 0.5) is 0 Å². The van der Waals surface area contributed by atoms with Crippen molar-refractivity contribution in [3.8, 4) is 11.5 Å². The summed E-state index contributed by atoms with van der Waals surface area (Å²) in [5, 5.41) is 26.5. The lowest BCUT2D eigenvalue weighted by Crippen LogP contribution is -2.16. The molecule has 0 aliphatic heterocycles. The third kappa shape index (κ3) is 4.30. The van der Waals surface area contributed by atoms with Gasteiger partial charge in [0.15, 0.2) is 11.5 Å². The molecular weight excluding hydrogens is 336 g/mol. The van der Waals surface area contributed by atoms with E-state index < -0.39 is 6.10 Å². The van der Waals surface area contributed by atoms with Crippen molar-refractivity contribution in [3.63, 3.8) is 0 Å². The minimum atomic E-state index is -0.674. The van der Waals surface area contributed by atoms with Crippen LogP contribution in [0.15, 0.2) is 24.3 Å². The quantitative estimate of drug-likeness (QED) is 0.580. The number of hydrogen-bond donors (Lipinski definition) is 0. The van der Waals surface area contributed by atoms with Crippen LogP contribution in [0.3, 0.4) is 0 Å². The molecule has 0 aromatic heterocycles. The Balaban J connectivity index is 2.77. The van der Waals surface area contributed by atoms with Crippen LogP contribution < -0.4 is 0 Å². The molecule has 0 spiro atoms. The molecule has 2 radical (unpaired) electrons. The molecule has 2 rings (SSSR count). The molecular formula is C24H32O3. The Labute approximate surface area is 164 Å². The van der Waals surface area contributed by atoms with Gasteiger partial charge in [0.25, 0.3) is 0 Å². The Morgan fingerprint density at radius 1 is 0.704 bits per heavy atom. The van der Waals surface area contributed by atoms with E-state index in [2.05, 4.69) is 0 Å². The second-order valence-electron chi connectivity index (χ2n) is 9.58. The first kappa shape index (κ1) is 21.3. The maximum atomic E-state index is 13.2. The van der Waals surface area contributed by atoms with Gasteiger partial charge in [-0.25, -0.2) is 0 Å². The number of rotatable bonds is 3. The van der Waals surface area contributed by atoms with Gasteiger partial charge < -0.3 is 4.74 Å². The third-order valence-corrected chi connectivity index (χ3v) is 4.94. The average molecular weight is 369 g/mol. The van der Waals surface area contributed by atoms with Gasteiger partial charge in [0, 0.05) is 29.4 Å². The van der Waals surface area contributed by atoms with Crippen molar-refractivity contribution >= 4 is 0 Å². The normalized spacial score (nSPS) is 12.7. The number of ether oxygens (including phenoxy) is 1. The molecule has 0 heterocycles. The summed E-state index contributed by atoms with van der Waals surface area (Å²) in [7, 11) is 1.56. The molecule has 0 amide bonds. The molecule has 0 unspecified atom stereocenters. The Morgan fingerprint density at radius 3 is 1.30 bits per heavy atom. The van der Waals surface area contributed by atoms with Crippen molar-refractivity contribution in [2.24, 2.45) is 0 Å². The third-order valence-electron chi connectivity index (χ3n) is 4.94. The van der Waals surface area contributed by atoms with Gasteiger partial charge in [-0.2, -0.15) is 0 Å². The monoisotopic (exact) mass is 368 g/mol. The molecule has 3 nitrogen and oxygen atoms in total. The molecule has 0 aliphatic rings. The molecule has 146 valence electrons. The molecule has 2 aromatic rings. The zero-order chi connectivity index (χ0) is 20.7. The van der Waals surface area contributed by atoms with Crippen LogP contribution in [0.1, 0.15) is 81.0 Å². The van der Waals surface area contributed by atoms with E-state index in [-0.39, 0.29) is 22.3 Å². The molecule has 0 bridgehead atoms. The summed E-state index contributed by atoms with van der Waals surface area (Å²) in [6.07, 6.45) is -0.674. The van der Waals surface area contributed by atoms with Crippen molar-refractivity contribution in [3.05, 3.63) is 57.6 Å². The standard InChI is InChI=1S/C24H32O3/c1-14-10-16(20(25)18(12-14)23(3,4)5)22(27-9)17-11-15(2)13-19(21(17)26)24(6,7)8/h10-13,22H,1-9H3. The lowest BCUT2D eigenvalue weighted by molar-refractivity contribution is 0.127. The van der Waals surface area contributed by atoms with Crippen molar-refractivity contribution in [1.82, 2.24) is 0 Å². The molecule has 2 aromatic carbocycles. The largest absolute Gasteiger partial charge is 0.372 e. The summed E-state index contributed by atoms with van der Waals surface area (Å²) in [6.45, 7) is 16.1. The second kappa shape index (κ2) is 7.20. The fourth-order valence-corrected chi connectivity index (χ4v) is 3.53. The summed E-state index contributed by atoms with van der Waals surface area (Å²) >= 11 is 0. The van der Waals surface area contributed by atoms with Gasteiger partial charge >= 0.3 is 0 Å². The van der Waals surface area contributed by atoms with E-state index in [1.54, 1.807) is 7.11 Å². The summed E-state index contributed by atoms with van der Waals surface area (Å²) in [6, 6.07) is 7.58. The maximum Gasteiger partial charge on any atom is 0.188 e. The predicted octanol–water partition coefficient (Wildman–Crippen LogP) is 6.92. The average Bonchev–Trinajstić information content (AvgIpc) is 2.51. The first-order valence-electron chi connectivity index (χ1n) is 9.44. The van der Waals surface area contributed by atoms with E-state index in [0.717, 1.165) is 22.3 Å². The van der Waals surface area contributed by atoms with Gasteiger partial charge in [0.05, 0.1) is 0 Å². The highest BCUT2D eigenvalue weighted by Crippen LogP contribution is 2.45. The fraction of sp³-hybridized carbons (Fsp3) is 0.500. The summed E-state index contributed by atoms with van der Waals surface area (Å²) < 4.78 is 5.73. The zero-order valence-electron chi connectivity index (χ0n) is 18.1. The summed E-state index contributed by atoms with van der Waals surface area (Å²) in [5.41, 5.74) is 3.99. The molecule has 0 atom stereocenters. The van der Waals surface area contributed by atoms with Gasteiger partial charge in [-0.15, -0.1) is 0 Å². The maximum absolute atomic E-state index is 13.2. The molecule has 0 saturated heterocycles. The number of benzene rings is 2. The first-order valence-corrected chi connectivity index (χ1v) is 9.44. The Kier molecular flexibility index (Phi) is 5.68. The van der Waals surface area contributed by atoms with Crippen LogP contribution in [0.25, 0.3) is 0 Å². The van der Waals surface area contributed by atoms with E-state index in [9.17, 15) is 10.2 Å². The number of methoxy groups -OCH3 is 1. The Bertz CT molecular complexity index is 767. The van der Waals surface area contributed by atoms with E-state index in [4.69, 9.17) is 4.74 Å². The minimum Gasteiger partial charge on any atom is -0.372 e. The van der Waals surface area contributed by atoms with Crippen molar-refractivity contribution in [1.29, 1.82) is 0 Å². The molecule has 27 heavy (non-hydrogen) atoms. The Morgan fingerprint density at radius 2 is 1.04 bits per heavy atom. The summed E-state index contributed by atoms with van der Waals surface area (Å²) in [5.74, 6) is -0.0867. The molecule has 0 fully saturated rings. The molecule has 0 aliphatic carbocycles. The van der Waals surface area contributed by atoms with E-state index in [1.165, 1.54) is 0 Å². The van der Waals surface area contributed by atoms with Gasteiger partial charge in [0.2, 0.25) is 0 Å². The van der Waals surface area contributed by atoms with Crippen LogP contribution in [0, 0.1) is 13.8 Å². The van der Waals surface area contributed by atoms with Crippen molar-refractivity contribution in [2.45, 2.75) is 72.3 Å². The minimum absolute atomic E-state index is 0.0434. The van der Waals surface area contributed by atoms with E-state index in [0.29, 0.717) is 11.1 Å². The summed E-state index contributed by atoms with van der Waals surface area (Å²) in [4.78, 5) is 0. The van der Waals surface area contributed by atoms with Gasteiger partial charge in [-0.3, -0.25) is 10.2 Å². The van der Waals surface area contributed by atoms with Crippen molar-refractivity contribution < 1.29 is 14.9 Å². The van der Waals surface area contributed by atoms with Crippen LogP contribution in [0.2, 0.25) is 0 Å². The van der Waals surface area contributed by atoms with Gasteiger partial charge in [-0.1, -0.05) is 64.8 Å². The molecule has 0 N–H and O–H groups in total. The van der Waals surface area contributed by atoms with Gasteiger partial charge in [0.1, 0.15) is 6.10 Å². The highest BCUT2D eigenvalue weighted by Gasteiger charge is 2.31. The van der Waals surface area contributed by atoms with Crippen LogP contribution in [-0.2, 0) is 25.8 Å². The lowest BCUT2D eigenvalue weighted by Gasteiger charge is -2.26. The second-order valence-corrected chi connectivity index (χ2v) is 9.58. The molecule has 3 heteroatoms. The number of aryl methyl sites for hydroxylation is 2. The van der Waals surface area contributed by atoms with Gasteiger partial charge in [-0.05, 0) is 36.8 Å². The topological polar surface area (TPSA) is 49.0 Å². The van der Waals surface area contributed by atoms with Crippen LogP contribution in [-0.4, -0.2) is 7.11 Å².